The average molecular weight is 292 g/mol. The predicted molar refractivity (Wildman–Crippen MR) is 52.4 cm³/mol. The van der Waals surface area contributed by atoms with Crippen LogP contribution in [0.15, 0.2) is 16.6 Å². The van der Waals surface area contributed by atoms with Crippen LogP contribution in [-0.2, 0) is 11.3 Å². The zero-order valence-corrected chi connectivity index (χ0v) is 9.39. The van der Waals surface area contributed by atoms with E-state index in [1.165, 1.54) is 12.1 Å². The molecule has 0 radical (unpaired) electrons. The molecule has 0 spiro atoms. The lowest BCUT2D eigenvalue weighted by Crippen LogP contribution is -2.19. The zero-order chi connectivity index (χ0) is 11.9. The van der Waals surface area contributed by atoms with Crippen LogP contribution in [-0.4, -0.2) is 6.18 Å². The van der Waals surface area contributed by atoms with Crippen molar-refractivity contribution < 1.29 is 17.9 Å². The van der Waals surface area contributed by atoms with Gasteiger partial charge in [0.15, 0.2) is 6.10 Å². The fourth-order valence-electron chi connectivity index (χ4n) is 1.62. The van der Waals surface area contributed by atoms with Gasteiger partial charge in [0, 0.05) is 4.47 Å². The molecule has 1 heterocycles. The van der Waals surface area contributed by atoms with Crippen molar-refractivity contribution in [3.05, 3.63) is 33.3 Å². The molecule has 0 N–H and O–H groups in total. The quantitative estimate of drug-likeness (QED) is 0.733. The number of halogens is 4. The van der Waals surface area contributed by atoms with E-state index in [-0.39, 0.29) is 17.7 Å². The summed E-state index contributed by atoms with van der Waals surface area (Å²) >= 11 is 3.12. The Hall–Kier alpha value is -1.06. The van der Waals surface area contributed by atoms with Crippen molar-refractivity contribution in [1.82, 2.24) is 0 Å². The first-order valence-corrected chi connectivity index (χ1v) is 5.13. The van der Waals surface area contributed by atoms with E-state index in [0.29, 0.717) is 10.0 Å². The minimum Gasteiger partial charge on any atom is -0.359 e. The molecule has 1 unspecified atom stereocenters. The molecule has 16 heavy (non-hydrogen) atoms. The first kappa shape index (κ1) is 11.4. The predicted octanol–water partition coefficient (Wildman–Crippen LogP) is 3.45. The highest BCUT2D eigenvalue weighted by atomic mass is 79.9. The molecule has 2 rings (SSSR count). The molecule has 0 aliphatic carbocycles. The molecule has 0 saturated carbocycles. The van der Waals surface area contributed by atoms with Crippen LogP contribution in [0.3, 0.4) is 0 Å². The molecule has 0 saturated heterocycles. The van der Waals surface area contributed by atoms with Crippen molar-refractivity contribution >= 4 is 15.9 Å². The van der Waals surface area contributed by atoms with E-state index in [2.05, 4.69) is 20.7 Å². The topological polar surface area (TPSA) is 33.0 Å². The highest BCUT2D eigenvalue weighted by Crippen LogP contribution is 2.43. The third-order valence-corrected chi connectivity index (χ3v) is 2.99. The van der Waals surface area contributed by atoms with E-state index in [1.807, 2.05) is 6.07 Å². The first-order valence-electron chi connectivity index (χ1n) is 4.34. The van der Waals surface area contributed by atoms with E-state index < -0.39 is 12.3 Å². The lowest BCUT2D eigenvalue weighted by atomic mass is 10.0. The minimum atomic E-state index is -4.44. The molecule has 0 bridgehead atoms. The first-order chi connectivity index (χ1) is 7.43. The summed E-state index contributed by atoms with van der Waals surface area (Å²) in [4.78, 5) is 0. The van der Waals surface area contributed by atoms with Crippen molar-refractivity contribution in [1.29, 1.82) is 5.26 Å². The van der Waals surface area contributed by atoms with Gasteiger partial charge in [0.2, 0.25) is 0 Å². The van der Waals surface area contributed by atoms with Gasteiger partial charge in [0.25, 0.3) is 0 Å². The van der Waals surface area contributed by atoms with Gasteiger partial charge < -0.3 is 4.74 Å². The number of rotatable bonds is 0. The second-order valence-electron chi connectivity index (χ2n) is 3.38. The maximum Gasteiger partial charge on any atom is 0.418 e. The Kier molecular flexibility index (Phi) is 2.68. The number of benzene rings is 1. The summed E-state index contributed by atoms with van der Waals surface area (Å²) in [6, 6.07) is 4.55. The number of alkyl halides is 3. The molecule has 84 valence electrons. The lowest BCUT2D eigenvalue weighted by molar-refractivity contribution is -0.219. The third-order valence-electron chi connectivity index (χ3n) is 2.33. The fourth-order valence-corrected chi connectivity index (χ4v) is 2.10. The SMILES string of the molecule is N#Cc1cc2c(cc1Br)COC2C(F)(F)F. The smallest absolute Gasteiger partial charge is 0.359 e. The van der Waals surface area contributed by atoms with Crippen LogP contribution in [0.25, 0.3) is 0 Å². The summed E-state index contributed by atoms with van der Waals surface area (Å²) in [5, 5.41) is 8.74. The van der Waals surface area contributed by atoms with E-state index >= 15 is 0 Å². The number of ether oxygens (including phenoxy) is 1. The number of nitrogens with zero attached hydrogens (tertiary/aromatic N) is 1. The van der Waals surface area contributed by atoms with Crippen molar-refractivity contribution in [2.24, 2.45) is 0 Å². The summed E-state index contributed by atoms with van der Waals surface area (Å²) in [6.07, 6.45) is -6.35. The number of nitriles is 1. The molecule has 1 aliphatic rings. The van der Waals surface area contributed by atoms with Gasteiger partial charge in [-0.05, 0) is 39.2 Å². The van der Waals surface area contributed by atoms with Gasteiger partial charge in [-0.25, -0.2) is 0 Å². The second-order valence-corrected chi connectivity index (χ2v) is 4.23. The summed E-state index contributed by atoms with van der Waals surface area (Å²) < 4.78 is 42.8. The lowest BCUT2D eigenvalue weighted by Gasteiger charge is -2.15. The monoisotopic (exact) mass is 291 g/mol. The molecule has 1 atom stereocenters. The molecule has 1 aromatic carbocycles. The van der Waals surface area contributed by atoms with Gasteiger partial charge in [0.1, 0.15) is 6.07 Å². The second kappa shape index (κ2) is 3.75. The summed E-state index contributed by atoms with van der Waals surface area (Å²) in [6.45, 7) is -0.0795. The number of hydrogen-bond donors (Lipinski definition) is 0. The van der Waals surface area contributed by atoms with Crippen LogP contribution in [0.4, 0.5) is 13.2 Å². The van der Waals surface area contributed by atoms with Crippen LogP contribution in [0.1, 0.15) is 22.8 Å². The van der Waals surface area contributed by atoms with Crippen molar-refractivity contribution in [3.63, 3.8) is 0 Å². The summed E-state index contributed by atoms with van der Waals surface area (Å²) in [5.74, 6) is 0. The van der Waals surface area contributed by atoms with Gasteiger partial charge in [-0.1, -0.05) is 0 Å². The van der Waals surface area contributed by atoms with Gasteiger partial charge in [-0.15, -0.1) is 0 Å². The standard InChI is InChI=1S/C10H5BrF3NO/c11-8-2-6-4-16-9(10(12,13)14)7(6)1-5(8)3-15/h1-2,9H,4H2. The molecular formula is C10H5BrF3NO. The Morgan fingerprint density at radius 1 is 1.44 bits per heavy atom. The maximum atomic E-state index is 12.6. The number of hydrogen-bond acceptors (Lipinski definition) is 2. The molecule has 1 aromatic rings. The van der Waals surface area contributed by atoms with Crippen LogP contribution >= 0.6 is 15.9 Å². The molecule has 2 nitrogen and oxygen atoms in total. The van der Waals surface area contributed by atoms with E-state index in [1.54, 1.807) is 0 Å². The number of fused-ring (bicyclic) bond motifs is 1. The van der Waals surface area contributed by atoms with E-state index in [9.17, 15) is 13.2 Å². The van der Waals surface area contributed by atoms with Crippen molar-refractivity contribution in [2.75, 3.05) is 0 Å². The normalized spacial score (nSPS) is 19.3. The molecular weight excluding hydrogens is 287 g/mol. The molecule has 0 amide bonds. The fraction of sp³-hybridized carbons (Fsp3) is 0.300. The highest BCUT2D eigenvalue weighted by Gasteiger charge is 2.46. The minimum absolute atomic E-state index is 0.0345. The summed E-state index contributed by atoms with van der Waals surface area (Å²) in [5.41, 5.74) is 0.680. The zero-order valence-electron chi connectivity index (χ0n) is 7.81. The van der Waals surface area contributed by atoms with Gasteiger partial charge in [-0.3, -0.25) is 0 Å². The van der Waals surface area contributed by atoms with Crippen LogP contribution in [0, 0.1) is 11.3 Å². The van der Waals surface area contributed by atoms with E-state index in [4.69, 9.17) is 5.26 Å². The van der Waals surface area contributed by atoms with Crippen LogP contribution in [0.5, 0.6) is 0 Å². The average Bonchev–Trinajstić information content (AvgIpc) is 2.58. The van der Waals surface area contributed by atoms with Crippen molar-refractivity contribution in [3.8, 4) is 6.07 Å². The Bertz CT molecular complexity index is 478. The van der Waals surface area contributed by atoms with Crippen molar-refractivity contribution in [2.45, 2.75) is 18.9 Å². The summed E-state index contributed by atoms with van der Waals surface area (Å²) in [7, 11) is 0. The van der Waals surface area contributed by atoms with E-state index in [0.717, 1.165) is 0 Å². The van der Waals surface area contributed by atoms with Crippen LogP contribution < -0.4 is 0 Å². The van der Waals surface area contributed by atoms with Gasteiger partial charge >= 0.3 is 6.18 Å². The largest absolute Gasteiger partial charge is 0.418 e. The Balaban J connectivity index is 2.52. The Labute approximate surface area is 97.8 Å². The van der Waals surface area contributed by atoms with Crippen LogP contribution in [0.2, 0.25) is 0 Å². The van der Waals surface area contributed by atoms with Gasteiger partial charge in [-0.2, -0.15) is 18.4 Å². The van der Waals surface area contributed by atoms with Gasteiger partial charge in [0.05, 0.1) is 12.2 Å². The molecule has 0 aromatic heterocycles. The Morgan fingerprint density at radius 3 is 2.69 bits per heavy atom. The third kappa shape index (κ3) is 1.81. The highest BCUT2D eigenvalue weighted by molar-refractivity contribution is 9.10. The molecule has 6 heteroatoms. The Morgan fingerprint density at radius 2 is 2.12 bits per heavy atom. The maximum absolute atomic E-state index is 12.6. The molecule has 0 fully saturated rings. The molecule has 1 aliphatic heterocycles.